The molecule has 9 nitrogen and oxygen atoms in total. The number of benzene rings is 1. The maximum atomic E-state index is 13.1. The van der Waals surface area contributed by atoms with Gasteiger partial charge in [-0.15, -0.1) is 0 Å². The number of sulfone groups is 1. The number of amides is 1. The zero-order chi connectivity index (χ0) is 28.0. The molecule has 1 saturated heterocycles. The van der Waals surface area contributed by atoms with Crippen LogP contribution in [0.3, 0.4) is 0 Å². The van der Waals surface area contributed by atoms with Gasteiger partial charge in [-0.3, -0.25) is 19.8 Å². The monoisotopic (exact) mass is 548 g/mol. The van der Waals surface area contributed by atoms with Crippen LogP contribution in [-0.2, 0) is 9.84 Å². The van der Waals surface area contributed by atoms with Gasteiger partial charge >= 0.3 is 0 Å². The molecule has 39 heavy (non-hydrogen) atoms. The molecule has 2 aromatic heterocycles. The van der Waals surface area contributed by atoms with E-state index in [2.05, 4.69) is 43.2 Å². The fourth-order valence-corrected chi connectivity index (χ4v) is 5.58. The summed E-state index contributed by atoms with van der Waals surface area (Å²) in [5.41, 5.74) is 4.46. The second kappa shape index (κ2) is 12.5. The highest BCUT2D eigenvalue weighted by molar-refractivity contribution is 7.91. The van der Waals surface area contributed by atoms with E-state index in [-0.39, 0.29) is 10.7 Å². The number of aliphatic imine (C=N–C) groups is 1. The van der Waals surface area contributed by atoms with E-state index in [9.17, 15) is 13.2 Å². The number of carbonyl (C=O) groups excluding carboxylic acids is 1. The van der Waals surface area contributed by atoms with Crippen LogP contribution in [0.4, 0.5) is 5.69 Å². The molecule has 1 fully saturated rings. The molecule has 0 saturated carbocycles. The lowest BCUT2D eigenvalue weighted by molar-refractivity contribution is 0.102. The van der Waals surface area contributed by atoms with Crippen LogP contribution in [0.15, 0.2) is 64.4 Å². The van der Waals surface area contributed by atoms with Crippen molar-refractivity contribution in [3.05, 3.63) is 65.6 Å². The Kier molecular flexibility index (Phi) is 9.08. The predicted molar refractivity (Wildman–Crippen MR) is 157 cm³/mol. The standard InChI is InChI=1S/C29H36N6O3S/c1-20(2)39(37,38)27-12-10-24(18-31-27)32-29(36)28-25-16-23(9-11-26(25)33-34-28)21(3)15-22(17-30-4)19-35-13-7-5-6-8-14-35/h9-12,15-18,20H,4-8,13-14,19H2,1-3H3,(H,32,36)(H,33,34)/b21-15+,22-17+. The van der Waals surface area contributed by atoms with Gasteiger partial charge < -0.3 is 5.32 Å². The Morgan fingerprint density at radius 2 is 1.92 bits per heavy atom. The summed E-state index contributed by atoms with van der Waals surface area (Å²) in [7, 11) is -3.49. The van der Waals surface area contributed by atoms with E-state index in [4.69, 9.17) is 0 Å². The van der Waals surface area contributed by atoms with Crippen LogP contribution in [0.5, 0.6) is 0 Å². The molecule has 1 amide bonds. The van der Waals surface area contributed by atoms with Crippen molar-refractivity contribution in [1.29, 1.82) is 0 Å². The number of carbonyl (C=O) groups is 1. The van der Waals surface area contributed by atoms with E-state index in [0.29, 0.717) is 11.1 Å². The maximum absolute atomic E-state index is 13.1. The van der Waals surface area contributed by atoms with Gasteiger partial charge in [0, 0.05) is 18.1 Å². The van der Waals surface area contributed by atoms with Gasteiger partial charge in [0.1, 0.15) is 0 Å². The minimum Gasteiger partial charge on any atom is -0.319 e. The molecule has 1 aliphatic heterocycles. The predicted octanol–water partition coefficient (Wildman–Crippen LogP) is 5.26. The molecular formula is C29H36N6O3S. The zero-order valence-electron chi connectivity index (χ0n) is 22.8. The molecule has 0 atom stereocenters. The molecule has 0 bridgehead atoms. The van der Waals surface area contributed by atoms with Crippen molar-refractivity contribution < 1.29 is 13.2 Å². The molecular weight excluding hydrogens is 512 g/mol. The summed E-state index contributed by atoms with van der Waals surface area (Å²) in [6.07, 6.45) is 10.3. The highest BCUT2D eigenvalue weighted by atomic mass is 32.2. The highest BCUT2D eigenvalue weighted by Crippen LogP contribution is 2.25. The number of hydrogen-bond donors (Lipinski definition) is 2. The number of aromatic nitrogens is 3. The molecule has 3 aromatic rings. The van der Waals surface area contributed by atoms with E-state index >= 15 is 0 Å². The van der Waals surface area contributed by atoms with Crippen molar-refractivity contribution in [3.8, 4) is 0 Å². The molecule has 0 unspecified atom stereocenters. The summed E-state index contributed by atoms with van der Waals surface area (Å²) in [6, 6.07) is 8.77. The van der Waals surface area contributed by atoms with Gasteiger partial charge in [-0.05, 0) is 94.4 Å². The number of anilines is 1. The minimum absolute atomic E-state index is 0.0245. The minimum atomic E-state index is -3.49. The quantitative estimate of drug-likeness (QED) is 0.278. The molecule has 3 heterocycles. The van der Waals surface area contributed by atoms with E-state index in [0.717, 1.165) is 41.9 Å². The number of hydrogen-bond acceptors (Lipinski definition) is 7. The van der Waals surface area contributed by atoms with Crippen LogP contribution in [0.2, 0.25) is 0 Å². The number of allylic oxidation sites excluding steroid dienone is 1. The number of H-pyrrole nitrogens is 1. The number of aromatic amines is 1. The lowest BCUT2D eigenvalue weighted by Crippen LogP contribution is -2.26. The summed E-state index contributed by atoms with van der Waals surface area (Å²) in [5, 5.41) is 10.00. The first kappa shape index (κ1) is 28.4. The van der Waals surface area contributed by atoms with Gasteiger partial charge in [0.15, 0.2) is 20.6 Å². The Hall–Kier alpha value is -3.63. The summed E-state index contributed by atoms with van der Waals surface area (Å²) < 4.78 is 24.6. The normalized spacial score (nSPS) is 15.9. The van der Waals surface area contributed by atoms with Crippen molar-refractivity contribution in [2.75, 3.05) is 25.0 Å². The van der Waals surface area contributed by atoms with Gasteiger partial charge in [-0.1, -0.05) is 25.0 Å². The Balaban J connectivity index is 1.54. The van der Waals surface area contributed by atoms with Crippen molar-refractivity contribution >= 4 is 44.6 Å². The third-order valence-electron chi connectivity index (χ3n) is 6.90. The van der Waals surface area contributed by atoms with Gasteiger partial charge in [0.05, 0.1) is 22.7 Å². The lowest BCUT2D eigenvalue weighted by atomic mass is 10.0. The smallest absolute Gasteiger partial charge is 0.276 e. The van der Waals surface area contributed by atoms with Crippen LogP contribution in [0.1, 0.15) is 62.5 Å². The van der Waals surface area contributed by atoms with E-state index < -0.39 is 21.0 Å². The van der Waals surface area contributed by atoms with Gasteiger partial charge in [-0.2, -0.15) is 5.10 Å². The zero-order valence-corrected chi connectivity index (χ0v) is 23.6. The first-order valence-corrected chi connectivity index (χ1v) is 14.8. The summed E-state index contributed by atoms with van der Waals surface area (Å²) in [6.45, 7) is 11.9. The average molecular weight is 549 g/mol. The van der Waals surface area contributed by atoms with Crippen LogP contribution >= 0.6 is 0 Å². The SMILES string of the molecule is C=N/C=C(\C=C(/C)c1ccc2[nH]nc(C(=O)Nc3ccc(S(=O)(=O)C(C)C)nc3)c2c1)CN1CCCCCC1. The van der Waals surface area contributed by atoms with Gasteiger partial charge in [-0.25, -0.2) is 13.4 Å². The summed E-state index contributed by atoms with van der Waals surface area (Å²) >= 11 is 0. The second-order valence-corrected chi connectivity index (χ2v) is 12.6. The maximum Gasteiger partial charge on any atom is 0.276 e. The number of nitrogens with one attached hydrogen (secondary N) is 2. The van der Waals surface area contributed by atoms with Gasteiger partial charge in [0.25, 0.3) is 5.91 Å². The molecule has 206 valence electrons. The van der Waals surface area contributed by atoms with Crippen LogP contribution < -0.4 is 5.32 Å². The average Bonchev–Trinajstić information content (AvgIpc) is 3.17. The molecule has 0 radical (unpaired) electrons. The van der Waals surface area contributed by atoms with E-state index in [1.54, 1.807) is 13.8 Å². The lowest BCUT2D eigenvalue weighted by Gasteiger charge is -2.20. The van der Waals surface area contributed by atoms with Crippen molar-refractivity contribution in [3.63, 3.8) is 0 Å². The number of nitrogens with zero attached hydrogens (tertiary/aromatic N) is 4. The van der Waals surface area contributed by atoms with E-state index in [1.807, 2.05) is 31.3 Å². The number of fused-ring (bicyclic) bond motifs is 1. The van der Waals surface area contributed by atoms with Crippen LogP contribution in [-0.4, -0.2) is 66.0 Å². The topological polar surface area (TPSA) is 120 Å². The Morgan fingerprint density at radius 3 is 2.56 bits per heavy atom. The fraction of sp³-hybridized carbons (Fsp3) is 0.379. The van der Waals surface area contributed by atoms with E-state index in [1.165, 1.54) is 44.0 Å². The second-order valence-electron chi connectivity index (χ2n) is 10.2. The highest BCUT2D eigenvalue weighted by Gasteiger charge is 2.21. The third kappa shape index (κ3) is 6.88. The van der Waals surface area contributed by atoms with Gasteiger partial charge in [0.2, 0.25) is 0 Å². The fourth-order valence-electron chi connectivity index (χ4n) is 4.64. The number of pyridine rings is 1. The number of likely N-dealkylation sites (tertiary alicyclic amines) is 1. The van der Waals surface area contributed by atoms with Crippen LogP contribution in [0.25, 0.3) is 16.5 Å². The molecule has 1 aliphatic rings. The van der Waals surface area contributed by atoms with Crippen molar-refractivity contribution in [2.45, 2.75) is 56.7 Å². The van der Waals surface area contributed by atoms with Crippen molar-refractivity contribution in [2.24, 2.45) is 4.99 Å². The molecule has 0 spiro atoms. The largest absolute Gasteiger partial charge is 0.319 e. The summed E-state index contributed by atoms with van der Waals surface area (Å²) in [4.78, 5) is 23.6. The summed E-state index contributed by atoms with van der Waals surface area (Å²) in [5.74, 6) is -0.418. The first-order valence-electron chi connectivity index (χ1n) is 13.2. The Labute approximate surface area is 230 Å². The molecule has 2 N–H and O–H groups in total. The molecule has 0 aliphatic carbocycles. The Bertz CT molecular complexity index is 1500. The Morgan fingerprint density at radius 1 is 1.18 bits per heavy atom. The van der Waals surface area contributed by atoms with Crippen LogP contribution in [0, 0.1) is 0 Å². The molecule has 10 heteroatoms. The number of rotatable bonds is 9. The first-order chi connectivity index (χ1) is 18.7. The molecule has 4 rings (SSSR count). The van der Waals surface area contributed by atoms with Crippen molar-refractivity contribution in [1.82, 2.24) is 20.1 Å². The third-order valence-corrected chi connectivity index (χ3v) is 8.97. The molecule has 1 aromatic carbocycles.